The Labute approximate surface area is 163 Å². The molecule has 0 fully saturated rings. The lowest BCUT2D eigenvalue weighted by molar-refractivity contribution is 0.871. The van der Waals surface area contributed by atoms with Gasteiger partial charge in [0.1, 0.15) is 11.0 Å². The number of hydrogen-bond acceptors (Lipinski definition) is 4. The first kappa shape index (κ1) is 17.5. The Kier molecular flexibility index (Phi) is 4.77. The summed E-state index contributed by atoms with van der Waals surface area (Å²) < 4.78 is 1.81. The van der Waals surface area contributed by atoms with Gasteiger partial charge < -0.3 is 5.32 Å². The Hall–Kier alpha value is -2.92. The van der Waals surface area contributed by atoms with Crippen molar-refractivity contribution in [2.24, 2.45) is 0 Å². The molecule has 3 aromatic heterocycles. The number of halogens is 1. The predicted octanol–water partition coefficient (Wildman–Crippen LogP) is 5.18. The van der Waals surface area contributed by atoms with Crippen LogP contribution in [0.15, 0.2) is 61.1 Å². The van der Waals surface area contributed by atoms with Crippen molar-refractivity contribution in [1.82, 2.24) is 19.6 Å². The minimum Gasteiger partial charge on any atom is -0.366 e. The number of aromatic nitrogens is 4. The summed E-state index contributed by atoms with van der Waals surface area (Å²) in [5.41, 5.74) is 5.38. The van der Waals surface area contributed by atoms with Gasteiger partial charge in [0.15, 0.2) is 5.65 Å². The van der Waals surface area contributed by atoms with Gasteiger partial charge in [-0.3, -0.25) is 4.98 Å². The number of fused-ring (bicyclic) bond motifs is 1. The van der Waals surface area contributed by atoms with E-state index in [1.807, 2.05) is 22.8 Å². The van der Waals surface area contributed by atoms with Gasteiger partial charge in [-0.2, -0.15) is 9.61 Å². The summed E-state index contributed by atoms with van der Waals surface area (Å²) >= 11 is 6.23. The molecular formula is C21H20ClN5. The van der Waals surface area contributed by atoms with Crippen molar-refractivity contribution < 1.29 is 0 Å². The van der Waals surface area contributed by atoms with Gasteiger partial charge in [0.05, 0.1) is 6.20 Å². The molecule has 6 heteroatoms. The van der Waals surface area contributed by atoms with Crippen LogP contribution in [-0.4, -0.2) is 19.6 Å². The summed E-state index contributed by atoms with van der Waals surface area (Å²) in [5.74, 6) is 1.16. The van der Waals surface area contributed by atoms with Gasteiger partial charge in [-0.05, 0) is 34.7 Å². The van der Waals surface area contributed by atoms with Crippen LogP contribution < -0.4 is 5.32 Å². The molecule has 1 N–H and O–H groups in total. The topological polar surface area (TPSA) is 55.1 Å². The van der Waals surface area contributed by atoms with Gasteiger partial charge in [0.25, 0.3) is 0 Å². The van der Waals surface area contributed by atoms with E-state index in [1.54, 1.807) is 18.5 Å². The maximum absolute atomic E-state index is 6.23. The van der Waals surface area contributed by atoms with E-state index in [9.17, 15) is 0 Å². The molecule has 0 saturated heterocycles. The maximum atomic E-state index is 6.23. The Bertz CT molecular complexity index is 1060. The van der Waals surface area contributed by atoms with E-state index in [0.717, 1.165) is 22.6 Å². The lowest BCUT2D eigenvalue weighted by Gasteiger charge is -2.10. The van der Waals surface area contributed by atoms with Crippen LogP contribution in [0.25, 0.3) is 16.8 Å². The SMILES string of the molecule is CC(C)c1cnn2c(NCc3ccc(-c4ccncc4)cc3)cc(Cl)nc12. The fourth-order valence-corrected chi connectivity index (χ4v) is 3.22. The van der Waals surface area contributed by atoms with Crippen molar-refractivity contribution in [2.75, 3.05) is 5.32 Å². The molecule has 0 aliphatic heterocycles. The van der Waals surface area contributed by atoms with E-state index < -0.39 is 0 Å². The van der Waals surface area contributed by atoms with Crippen LogP contribution in [0.3, 0.4) is 0 Å². The highest BCUT2D eigenvalue weighted by molar-refractivity contribution is 6.29. The molecule has 0 aliphatic rings. The number of hydrogen-bond donors (Lipinski definition) is 1. The van der Waals surface area contributed by atoms with Crippen LogP contribution in [-0.2, 0) is 6.54 Å². The molecule has 5 nitrogen and oxygen atoms in total. The summed E-state index contributed by atoms with van der Waals surface area (Å²) in [4.78, 5) is 8.50. The molecule has 4 rings (SSSR count). The molecule has 0 amide bonds. The van der Waals surface area contributed by atoms with Crippen LogP contribution in [0.5, 0.6) is 0 Å². The van der Waals surface area contributed by atoms with Crippen molar-refractivity contribution >= 4 is 23.1 Å². The number of nitrogens with one attached hydrogen (secondary N) is 1. The number of rotatable bonds is 5. The summed E-state index contributed by atoms with van der Waals surface area (Å²) in [7, 11) is 0. The van der Waals surface area contributed by atoms with Crippen LogP contribution >= 0.6 is 11.6 Å². The summed E-state index contributed by atoms with van der Waals surface area (Å²) in [5, 5.41) is 8.36. The van der Waals surface area contributed by atoms with Crippen molar-refractivity contribution in [3.63, 3.8) is 0 Å². The molecule has 0 aliphatic carbocycles. The predicted molar refractivity (Wildman–Crippen MR) is 109 cm³/mol. The van der Waals surface area contributed by atoms with Crippen molar-refractivity contribution in [3.8, 4) is 11.1 Å². The zero-order chi connectivity index (χ0) is 18.8. The van der Waals surface area contributed by atoms with Gasteiger partial charge in [0, 0.05) is 30.6 Å². The largest absolute Gasteiger partial charge is 0.366 e. The van der Waals surface area contributed by atoms with Crippen LogP contribution in [0, 0.1) is 0 Å². The Morgan fingerprint density at radius 3 is 2.44 bits per heavy atom. The first-order chi connectivity index (χ1) is 13.1. The molecule has 0 radical (unpaired) electrons. The van der Waals surface area contributed by atoms with E-state index >= 15 is 0 Å². The highest BCUT2D eigenvalue weighted by Crippen LogP contribution is 2.24. The second-order valence-corrected chi connectivity index (χ2v) is 7.13. The maximum Gasteiger partial charge on any atom is 0.162 e. The minimum absolute atomic E-state index is 0.335. The van der Waals surface area contributed by atoms with Crippen LogP contribution in [0.1, 0.15) is 30.9 Å². The third-order valence-electron chi connectivity index (χ3n) is 4.53. The first-order valence-corrected chi connectivity index (χ1v) is 9.27. The van der Waals surface area contributed by atoms with Gasteiger partial charge in [-0.1, -0.05) is 49.7 Å². The van der Waals surface area contributed by atoms with E-state index in [-0.39, 0.29) is 0 Å². The molecular weight excluding hydrogens is 358 g/mol. The quantitative estimate of drug-likeness (QED) is 0.487. The van der Waals surface area contributed by atoms with Crippen molar-refractivity contribution in [2.45, 2.75) is 26.3 Å². The second-order valence-electron chi connectivity index (χ2n) is 6.74. The molecule has 0 unspecified atom stereocenters. The Morgan fingerprint density at radius 2 is 1.74 bits per heavy atom. The molecule has 3 heterocycles. The number of benzene rings is 1. The molecule has 1 aromatic carbocycles. The Morgan fingerprint density at radius 1 is 1.04 bits per heavy atom. The molecule has 0 saturated carbocycles. The summed E-state index contributed by atoms with van der Waals surface area (Å²) in [6.45, 7) is 4.91. The lowest BCUT2D eigenvalue weighted by atomic mass is 10.1. The Balaban J connectivity index is 1.55. The molecule has 4 aromatic rings. The van der Waals surface area contributed by atoms with E-state index in [1.165, 1.54) is 11.1 Å². The standard InChI is InChI=1S/C21H20ClN5/c1-14(2)18-13-25-27-20(11-19(22)26-21(18)27)24-12-15-3-5-16(6-4-15)17-7-9-23-10-8-17/h3-11,13-14,24H,12H2,1-2H3. The van der Waals surface area contributed by atoms with Gasteiger partial charge in [-0.15, -0.1) is 0 Å². The molecule has 136 valence electrons. The van der Waals surface area contributed by atoms with E-state index in [0.29, 0.717) is 17.6 Å². The minimum atomic E-state index is 0.335. The zero-order valence-corrected chi connectivity index (χ0v) is 16.0. The third kappa shape index (κ3) is 3.64. The first-order valence-electron chi connectivity index (χ1n) is 8.89. The van der Waals surface area contributed by atoms with Crippen molar-refractivity contribution in [1.29, 1.82) is 0 Å². The van der Waals surface area contributed by atoms with Gasteiger partial charge >= 0.3 is 0 Å². The highest BCUT2D eigenvalue weighted by atomic mass is 35.5. The average molecular weight is 378 g/mol. The molecule has 0 spiro atoms. The van der Waals surface area contributed by atoms with Crippen LogP contribution in [0.4, 0.5) is 5.82 Å². The fraction of sp³-hybridized carbons (Fsp3) is 0.190. The number of anilines is 1. The normalized spacial score (nSPS) is 11.3. The van der Waals surface area contributed by atoms with Crippen molar-refractivity contribution in [3.05, 3.63) is 77.3 Å². The van der Waals surface area contributed by atoms with E-state index in [4.69, 9.17) is 11.6 Å². The van der Waals surface area contributed by atoms with Gasteiger partial charge in [-0.25, -0.2) is 4.98 Å². The molecule has 0 atom stereocenters. The number of pyridine rings is 1. The van der Waals surface area contributed by atoms with Crippen LogP contribution in [0.2, 0.25) is 5.15 Å². The smallest absolute Gasteiger partial charge is 0.162 e. The molecule has 27 heavy (non-hydrogen) atoms. The zero-order valence-electron chi connectivity index (χ0n) is 15.2. The monoisotopic (exact) mass is 377 g/mol. The number of nitrogens with zero attached hydrogens (tertiary/aromatic N) is 4. The third-order valence-corrected chi connectivity index (χ3v) is 4.72. The average Bonchev–Trinajstić information content (AvgIpc) is 3.11. The fourth-order valence-electron chi connectivity index (χ4n) is 3.04. The second kappa shape index (κ2) is 7.37. The highest BCUT2D eigenvalue weighted by Gasteiger charge is 2.13. The summed E-state index contributed by atoms with van der Waals surface area (Å²) in [6.07, 6.45) is 5.47. The molecule has 0 bridgehead atoms. The summed E-state index contributed by atoms with van der Waals surface area (Å²) in [6, 6.07) is 14.3. The van der Waals surface area contributed by atoms with Gasteiger partial charge in [0.2, 0.25) is 0 Å². The van der Waals surface area contributed by atoms with E-state index in [2.05, 4.69) is 58.5 Å². The lowest BCUT2D eigenvalue weighted by Crippen LogP contribution is -2.06.